The molecule has 126 valence electrons. The molecule has 2 aromatic carbocycles. The Labute approximate surface area is 142 Å². The van der Waals surface area contributed by atoms with Gasteiger partial charge in [0, 0.05) is 22.7 Å². The first-order valence-corrected chi connectivity index (χ1v) is 7.31. The van der Waals surface area contributed by atoms with E-state index < -0.39 is 17.4 Å². The van der Waals surface area contributed by atoms with Gasteiger partial charge >= 0.3 is 5.63 Å². The van der Waals surface area contributed by atoms with Gasteiger partial charge in [0.1, 0.15) is 16.9 Å². The van der Waals surface area contributed by atoms with Crippen molar-refractivity contribution in [1.29, 1.82) is 0 Å². The molecule has 0 atom stereocenters. The topological polar surface area (TPSA) is 112 Å². The van der Waals surface area contributed by atoms with Gasteiger partial charge in [-0.1, -0.05) is 0 Å². The number of rotatable bonds is 4. The number of anilines is 1. The average Bonchev–Trinajstić information content (AvgIpc) is 2.60. The zero-order valence-electron chi connectivity index (χ0n) is 13.2. The van der Waals surface area contributed by atoms with Crippen LogP contribution >= 0.6 is 0 Å². The maximum absolute atomic E-state index is 12.3. The maximum atomic E-state index is 12.3. The molecule has 1 heterocycles. The number of benzene rings is 2. The van der Waals surface area contributed by atoms with E-state index in [2.05, 4.69) is 5.32 Å². The number of methoxy groups -OCH3 is 1. The van der Waals surface area contributed by atoms with Gasteiger partial charge in [0.05, 0.1) is 7.11 Å². The molecule has 3 aromatic rings. The lowest BCUT2D eigenvalue weighted by Gasteiger charge is -2.06. The summed E-state index contributed by atoms with van der Waals surface area (Å²) in [5, 5.41) is 3.17. The fourth-order valence-corrected chi connectivity index (χ4v) is 2.29. The molecule has 0 fully saturated rings. The van der Waals surface area contributed by atoms with E-state index in [1.54, 1.807) is 18.2 Å². The third-order valence-electron chi connectivity index (χ3n) is 3.62. The van der Waals surface area contributed by atoms with Gasteiger partial charge in [-0.3, -0.25) is 9.59 Å². The van der Waals surface area contributed by atoms with Crippen molar-refractivity contribution in [3.05, 3.63) is 70.1 Å². The third-order valence-corrected chi connectivity index (χ3v) is 3.62. The van der Waals surface area contributed by atoms with Gasteiger partial charge in [0.25, 0.3) is 5.91 Å². The first-order valence-electron chi connectivity index (χ1n) is 7.31. The molecule has 0 aliphatic heterocycles. The number of nitrogens with two attached hydrogens (primary N) is 1. The van der Waals surface area contributed by atoms with Crippen molar-refractivity contribution in [3.8, 4) is 5.75 Å². The van der Waals surface area contributed by atoms with Crippen LogP contribution in [0.15, 0.2) is 57.7 Å². The van der Waals surface area contributed by atoms with Crippen molar-refractivity contribution in [2.24, 2.45) is 5.73 Å². The van der Waals surface area contributed by atoms with E-state index in [-0.39, 0.29) is 5.56 Å². The summed E-state index contributed by atoms with van der Waals surface area (Å²) in [4.78, 5) is 35.5. The smallest absolute Gasteiger partial charge is 0.349 e. The highest BCUT2D eigenvalue weighted by atomic mass is 16.5. The van der Waals surface area contributed by atoms with E-state index in [0.717, 1.165) is 0 Å². The van der Waals surface area contributed by atoms with Crippen molar-refractivity contribution in [2.45, 2.75) is 0 Å². The van der Waals surface area contributed by atoms with Crippen molar-refractivity contribution in [2.75, 3.05) is 12.4 Å². The molecule has 25 heavy (non-hydrogen) atoms. The van der Waals surface area contributed by atoms with Crippen LogP contribution in [0.25, 0.3) is 11.0 Å². The van der Waals surface area contributed by atoms with Gasteiger partial charge in [-0.2, -0.15) is 0 Å². The van der Waals surface area contributed by atoms with Crippen molar-refractivity contribution in [3.63, 3.8) is 0 Å². The summed E-state index contributed by atoms with van der Waals surface area (Å²) in [5.41, 5.74) is 5.34. The lowest BCUT2D eigenvalue weighted by atomic mass is 10.1. The molecule has 0 saturated carbocycles. The largest absolute Gasteiger partial charge is 0.497 e. The van der Waals surface area contributed by atoms with Gasteiger partial charge in [-0.05, 0) is 42.5 Å². The zero-order chi connectivity index (χ0) is 18.0. The second-order valence-electron chi connectivity index (χ2n) is 5.25. The highest BCUT2D eigenvalue weighted by Crippen LogP contribution is 2.20. The lowest BCUT2D eigenvalue weighted by molar-refractivity contribution is 0.0998. The standard InChI is InChI=1S/C18H14N2O5/c1-24-13-7-4-11-8-14(18(23)25-15(11)9-13)17(22)20-12-5-2-10(3-6-12)16(19)21/h2-9H,1H3,(H2,19,21)(H,20,22). The highest BCUT2D eigenvalue weighted by Gasteiger charge is 2.14. The minimum atomic E-state index is -0.757. The second kappa shape index (κ2) is 6.48. The molecule has 2 amide bonds. The van der Waals surface area contributed by atoms with E-state index in [4.69, 9.17) is 14.9 Å². The van der Waals surface area contributed by atoms with E-state index in [1.165, 1.54) is 37.4 Å². The number of amides is 2. The number of hydrogen-bond acceptors (Lipinski definition) is 5. The monoisotopic (exact) mass is 338 g/mol. The number of ether oxygens (including phenoxy) is 1. The van der Waals surface area contributed by atoms with Crippen LogP contribution in [0.4, 0.5) is 5.69 Å². The first-order chi connectivity index (χ1) is 12.0. The number of hydrogen-bond donors (Lipinski definition) is 2. The van der Waals surface area contributed by atoms with Gasteiger partial charge in [-0.25, -0.2) is 4.79 Å². The van der Waals surface area contributed by atoms with Gasteiger partial charge < -0.3 is 20.2 Å². The number of carbonyl (C=O) groups excluding carboxylic acids is 2. The van der Waals surface area contributed by atoms with E-state index in [9.17, 15) is 14.4 Å². The van der Waals surface area contributed by atoms with Crippen LogP contribution in [0.3, 0.4) is 0 Å². The van der Waals surface area contributed by atoms with Crippen molar-refractivity contribution >= 4 is 28.5 Å². The van der Waals surface area contributed by atoms with Crippen LogP contribution < -0.4 is 21.4 Å². The van der Waals surface area contributed by atoms with E-state index in [1.807, 2.05) is 0 Å². The van der Waals surface area contributed by atoms with Crippen LogP contribution in [-0.4, -0.2) is 18.9 Å². The molecule has 7 nitrogen and oxygen atoms in total. The lowest BCUT2D eigenvalue weighted by Crippen LogP contribution is -2.20. The van der Waals surface area contributed by atoms with Crippen LogP contribution in [0.5, 0.6) is 5.75 Å². The molecule has 0 saturated heterocycles. The molecule has 0 aliphatic rings. The van der Waals surface area contributed by atoms with Gasteiger partial charge in [0.2, 0.25) is 5.91 Å². The van der Waals surface area contributed by atoms with Crippen LogP contribution in [0, 0.1) is 0 Å². The number of carbonyl (C=O) groups is 2. The Morgan fingerprint density at radius 1 is 1.08 bits per heavy atom. The number of fused-ring (bicyclic) bond motifs is 1. The molecule has 0 bridgehead atoms. The quantitative estimate of drug-likeness (QED) is 0.708. The summed E-state index contributed by atoms with van der Waals surface area (Å²) in [6.45, 7) is 0. The number of nitrogens with one attached hydrogen (secondary N) is 1. The van der Waals surface area contributed by atoms with Crippen LogP contribution in [0.1, 0.15) is 20.7 Å². The molecule has 0 unspecified atom stereocenters. The molecule has 7 heteroatoms. The SMILES string of the molecule is COc1ccc2cc(C(=O)Nc3ccc(C(N)=O)cc3)c(=O)oc2c1. The predicted octanol–water partition coefficient (Wildman–Crippen LogP) is 2.15. The molecule has 3 rings (SSSR count). The Morgan fingerprint density at radius 2 is 1.80 bits per heavy atom. The molecule has 0 spiro atoms. The molecule has 1 aromatic heterocycles. The summed E-state index contributed by atoms with van der Waals surface area (Å²) < 4.78 is 10.3. The summed E-state index contributed by atoms with van der Waals surface area (Å²) in [5.74, 6) is -0.635. The predicted molar refractivity (Wildman–Crippen MR) is 91.9 cm³/mol. The minimum Gasteiger partial charge on any atom is -0.497 e. The Morgan fingerprint density at radius 3 is 2.44 bits per heavy atom. The molecule has 0 radical (unpaired) electrons. The summed E-state index contributed by atoms with van der Waals surface area (Å²) in [6.07, 6.45) is 0. The van der Waals surface area contributed by atoms with E-state index in [0.29, 0.717) is 28.0 Å². The summed E-state index contributed by atoms with van der Waals surface area (Å²) >= 11 is 0. The van der Waals surface area contributed by atoms with Gasteiger partial charge in [-0.15, -0.1) is 0 Å². The normalized spacial score (nSPS) is 10.4. The Balaban J connectivity index is 1.90. The van der Waals surface area contributed by atoms with Crippen LogP contribution in [0.2, 0.25) is 0 Å². The van der Waals surface area contributed by atoms with Gasteiger partial charge in [0.15, 0.2) is 0 Å². The Kier molecular flexibility index (Phi) is 4.21. The number of primary amides is 1. The minimum absolute atomic E-state index is 0.128. The van der Waals surface area contributed by atoms with Crippen molar-refractivity contribution < 1.29 is 18.7 Å². The van der Waals surface area contributed by atoms with E-state index >= 15 is 0 Å². The molecular formula is C18H14N2O5. The highest BCUT2D eigenvalue weighted by molar-refractivity contribution is 6.05. The zero-order valence-corrected chi connectivity index (χ0v) is 13.2. The van der Waals surface area contributed by atoms with Crippen molar-refractivity contribution in [1.82, 2.24) is 0 Å². The van der Waals surface area contributed by atoms with Crippen LogP contribution in [-0.2, 0) is 0 Å². The third kappa shape index (κ3) is 3.35. The molecule has 3 N–H and O–H groups in total. The average molecular weight is 338 g/mol. The molecule has 0 aliphatic carbocycles. The Hall–Kier alpha value is -3.61. The summed E-state index contributed by atoms with van der Waals surface area (Å²) in [6, 6.07) is 12.4. The second-order valence-corrected chi connectivity index (χ2v) is 5.25. The fourth-order valence-electron chi connectivity index (χ4n) is 2.29. The fraction of sp³-hybridized carbons (Fsp3) is 0.0556. The summed E-state index contributed by atoms with van der Waals surface area (Å²) in [7, 11) is 1.50. The maximum Gasteiger partial charge on any atom is 0.349 e. The first kappa shape index (κ1) is 16.3. The Bertz CT molecular complexity index is 1020. The molecular weight excluding hydrogens is 324 g/mol.